The maximum atomic E-state index is 13.4. The summed E-state index contributed by atoms with van der Waals surface area (Å²) in [4.78, 5) is 1.31. The topological polar surface area (TPSA) is 15.3 Å². The fraction of sp³-hybridized carbons (Fsp3) is 0.571. The predicted octanol–water partition coefficient (Wildman–Crippen LogP) is 4.17. The van der Waals surface area contributed by atoms with Crippen LogP contribution in [0.25, 0.3) is 0 Å². The van der Waals surface area contributed by atoms with Crippen LogP contribution in [0, 0.1) is 5.82 Å². The van der Waals surface area contributed by atoms with Crippen molar-refractivity contribution in [2.75, 3.05) is 26.2 Å². The van der Waals surface area contributed by atoms with Crippen molar-refractivity contribution in [2.24, 2.45) is 0 Å². The summed E-state index contributed by atoms with van der Waals surface area (Å²) in [6.45, 7) is 1.05. The van der Waals surface area contributed by atoms with Gasteiger partial charge in [0, 0.05) is 32.2 Å². The molecule has 0 radical (unpaired) electrons. The molecule has 1 saturated heterocycles. The molecule has 0 bridgehead atoms. The Hall–Kier alpha value is -1.06. The van der Waals surface area contributed by atoms with Gasteiger partial charge in [-0.1, -0.05) is 0 Å². The molecule has 2 nitrogen and oxygen atoms in total. The molecule has 2 rings (SSSR count). The molecular weight excluding hydrogens is 365 g/mol. The van der Waals surface area contributed by atoms with Crippen LogP contribution in [0.4, 0.5) is 30.7 Å². The van der Waals surface area contributed by atoms with E-state index in [2.05, 4.69) is 5.32 Å². The Bertz CT molecular complexity index is 539. The maximum Gasteiger partial charge on any atom is 0.416 e. The zero-order valence-corrected chi connectivity index (χ0v) is 13.2. The van der Waals surface area contributed by atoms with Crippen LogP contribution in [0.2, 0.25) is 0 Å². The highest BCUT2D eigenvalue weighted by Gasteiger charge is 2.41. The van der Waals surface area contributed by atoms with E-state index >= 15 is 0 Å². The first kappa shape index (κ1) is 21.0. The highest BCUT2D eigenvalue weighted by molar-refractivity contribution is 5.85. The van der Waals surface area contributed by atoms with E-state index in [1.54, 1.807) is 0 Å². The number of halogens is 8. The minimum atomic E-state index is -4.85. The molecule has 0 aromatic heterocycles. The normalized spacial score (nSPS) is 18.1. The molecule has 1 aliphatic rings. The lowest BCUT2D eigenvalue weighted by atomic mass is 9.95. The van der Waals surface area contributed by atoms with Gasteiger partial charge in [0.15, 0.2) is 0 Å². The van der Waals surface area contributed by atoms with Gasteiger partial charge in [-0.25, -0.2) is 4.39 Å². The van der Waals surface area contributed by atoms with Crippen molar-refractivity contribution in [1.29, 1.82) is 0 Å². The summed E-state index contributed by atoms with van der Waals surface area (Å²) in [7, 11) is 0. The van der Waals surface area contributed by atoms with Crippen molar-refractivity contribution in [2.45, 2.75) is 24.8 Å². The van der Waals surface area contributed by atoms with Gasteiger partial charge in [0.2, 0.25) is 0 Å². The molecule has 1 aromatic carbocycles. The summed E-state index contributed by atoms with van der Waals surface area (Å²) in [6, 6.07) is 0.0936. The Kier molecular flexibility index (Phi) is 6.89. The van der Waals surface area contributed by atoms with Gasteiger partial charge in [-0.2, -0.15) is 26.3 Å². The van der Waals surface area contributed by atoms with Gasteiger partial charge < -0.3 is 5.32 Å². The average Bonchev–Trinajstić information content (AvgIpc) is 2.43. The number of hydrogen-bond acceptors (Lipinski definition) is 2. The second-order valence-corrected chi connectivity index (χ2v) is 5.35. The molecule has 0 amide bonds. The van der Waals surface area contributed by atoms with Crippen molar-refractivity contribution >= 4 is 12.4 Å². The average molecular weight is 381 g/mol. The Morgan fingerprint density at radius 3 is 2.12 bits per heavy atom. The van der Waals surface area contributed by atoms with Crippen LogP contribution in [0.3, 0.4) is 0 Å². The lowest BCUT2D eigenvalue weighted by molar-refractivity contribution is -0.153. The van der Waals surface area contributed by atoms with E-state index in [1.807, 2.05) is 0 Å². The third-order valence-electron chi connectivity index (χ3n) is 3.70. The predicted molar refractivity (Wildman–Crippen MR) is 76.5 cm³/mol. The molecule has 1 fully saturated rings. The second-order valence-electron chi connectivity index (χ2n) is 5.35. The smallest absolute Gasteiger partial charge is 0.314 e. The number of nitrogens with one attached hydrogen (secondary N) is 1. The number of hydrogen-bond donors (Lipinski definition) is 1. The lowest BCUT2D eigenvalue weighted by Gasteiger charge is -2.36. The van der Waals surface area contributed by atoms with Gasteiger partial charge in [0.05, 0.1) is 12.0 Å². The van der Waals surface area contributed by atoms with Crippen molar-refractivity contribution in [1.82, 2.24) is 10.2 Å². The molecule has 0 saturated carbocycles. The van der Waals surface area contributed by atoms with Crippen LogP contribution in [0.1, 0.15) is 23.6 Å². The summed E-state index contributed by atoms with van der Waals surface area (Å²) in [5.74, 6) is -0.990. The van der Waals surface area contributed by atoms with Crippen molar-refractivity contribution < 1.29 is 30.7 Å². The maximum absolute atomic E-state index is 13.4. The van der Waals surface area contributed by atoms with Crippen molar-refractivity contribution in [3.05, 3.63) is 35.1 Å². The molecule has 0 aliphatic carbocycles. The molecule has 1 N–H and O–H groups in total. The molecule has 0 unspecified atom stereocenters. The van der Waals surface area contributed by atoms with E-state index in [9.17, 15) is 30.7 Å². The van der Waals surface area contributed by atoms with Crippen molar-refractivity contribution in [3.63, 3.8) is 0 Å². The first-order valence-corrected chi connectivity index (χ1v) is 6.96. The molecule has 24 heavy (non-hydrogen) atoms. The summed E-state index contributed by atoms with van der Waals surface area (Å²) in [5, 5.41) is 2.92. The van der Waals surface area contributed by atoms with Crippen molar-refractivity contribution in [3.8, 4) is 0 Å². The highest BCUT2D eigenvalue weighted by Crippen LogP contribution is 2.41. The first-order valence-electron chi connectivity index (χ1n) is 6.96. The van der Waals surface area contributed by atoms with Crippen LogP contribution < -0.4 is 5.32 Å². The summed E-state index contributed by atoms with van der Waals surface area (Å²) in [5.41, 5.74) is -1.90. The van der Waals surface area contributed by atoms with Crippen LogP contribution in [-0.2, 0) is 6.18 Å². The van der Waals surface area contributed by atoms with Crippen LogP contribution >= 0.6 is 12.4 Å². The first-order chi connectivity index (χ1) is 10.6. The SMILES string of the molecule is Cl.Fc1ccc(C(F)(F)F)c([C@@H](CC(F)(F)F)N2CCNCC2)c1. The molecular formula is C14H16ClF7N2. The molecule has 10 heteroatoms. The van der Waals surface area contributed by atoms with Gasteiger partial charge in [-0.3, -0.25) is 4.90 Å². The number of nitrogens with zero attached hydrogens (tertiary/aromatic N) is 1. The number of alkyl halides is 6. The van der Waals surface area contributed by atoms with Gasteiger partial charge in [0.1, 0.15) is 5.82 Å². The Morgan fingerprint density at radius 1 is 1.04 bits per heavy atom. The van der Waals surface area contributed by atoms with E-state index in [4.69, 9.17) is 0 Å². The second kappa shape index (κ2) is 7.88. The highest BCUT2D eigenvalue weighted by atomic mass is 35.5. The van der Waals surface area contributed by atoms with Crippen LogP contribution in [0.15, 0.2) is 18.2 Å². The van der Waals surface area contributed by atoms with Gasteiger partial charge in [-0.05, 0) is 23.8 Å². The number of rotatable bonds is 3. The monoisotopic (exact) mass is 380 g/mol. The third-order valence-corrected chi connectivity index (χ3v) is 3.70. The zero-order chi connectivity index (χ0) is 17.3. The van der Waals surface area contributed by atoms with Gasteiger partial charge in [-0.15, -0.1) is 12.4 Å². The quantitative estimate of drug-likeness (QED) is 0.792. The Labute approximate surface area is 140 Å². The minimum Gasteiger partial charge on any atom is -0.314 e. The standard InChI is InChI=1S/C14H15F7N2.ClH/c15-9-1-2-11(14(19,20)21)10(7-9)12(8-13(16,17)18)23-5-3-22-4-6-23;/h1-2,7,12,22H,3-6,8H2;1H/t12-;/m1./s1. The summed E-state index contributed by atoms with van der Waals surface area (Å²) in [6.07, 6.45) is -11.0. The lowest BCUT2D eigenvalue weighted by Crippen LogP contribution is -2.46. The fourth-order valence-electron chi connectivity index (χ4n) is 2.72. The zero-order valence-electron chi connectivity index (χ0n) is 12.3. The molecule has 138 valence electrons. The van der Waals surface area contributed by atoms with E-state index in [-0.39, 0.29) is 25.5 Å². The van der Waals surface area contributed by atoms with E-state index in [1.165, 1.54) is 4.90 Å². The molecule has 0 spiro atoms. The Morgan fingerprint density at radius 2 is 1.62 bits per heavy atom. The molecule has 1 heterocycles. The van der Waals surface area contributed by atoms with Crippen LogP contribution in [-0.4, -0.2) is 37.3 Å². The van der Waals surface area contributed by atoms with Gasteiger partial charge in [0.25, 0.3) is 0 Å². The van der Waals surface area contributed by atoms with E-state index in [0.29, 0.717) is 31.3 Å². The number of piperazine rings is 1. The fourth-order valence-corrected chi connectivity index (χ4v) is 2.72. The molecule has 1 atom stereocenters. The number of benzene rings is 1. The summed E-state index contributed by atoms with van der Waals surface area (Å²) < 4.78 is 91.3. The minimum absolute atomic E-state index is 0. The molecule has 1 aliphatic heterocycles. The summed E-state index contributed by atoms with van der Waals surface area (Å²) >= 11 is 0. The molecule has 1 aromatic rings. The van der Waals surface area contributed by atoms with Crippen LogP contribution in [0.5, 0.6) is 0 Å². The van der Waals surface area contributed by atoms with Gasteiger partial charge >= 0.3 is 12.4 Å². The largest absolute Gasteiger partial charge is 0.416 e. The van der Waals surface area contributed by atoms with E-state index < -0.39 is 41.8 Å². The van der Waals surface area contributed by atoms with E-state index in [0.717, 1.165) is 0 Å². The third kappa shape index (κ3) is 5.49. The Balaban J connectivity index is 0.00000288.